The van der Waals surface area contributed by atoms with Gasteiger partial charge in [0, 0.05) is 35.7 Å². The second-order valence-corrected chi connectivity index (χ2v) is 7.41. The Kier molecular flexibility index (Phi) is 5.07. The monoisotopic (exact) mass is 347 g/mol. The predicted octanol–water partition coefficient (Wildman–Crippen LogP) is 2.18. The fraction of sp³-hybridized carbons (Fsp3) is 0.312. The van der Waals surface area contributed by atoms with Crippen molar-refractivity contribution in [2.24, 2.45) is 0 Å². The van der Waals surface area contributed by atoms with Crippen molar-refractivity contribution in [2.45, 2.75) is 23.5 Å². The van der Waals surface area contributed by atoms with Gasteiger partial charge in [0.1, 0.15) is 5.56 Å². The Labute approximate surface area is 142 Å². The number of aryl methyl sites for hydroxylation is 1. The van der Waals surface area contributed by atoms with E-state index in [0.29, 0.717) is 18.2 Å². The molecule has 7 heteroatoms. The van der Waals surface area contributed by atoms with Crippen molar-refractivity contribution in [1.82, 2.24) is 14.9 Å². The number of rotatable bonds is 5. The number of hydrogen-bond acceptors (Lipinski definition) is 5. The Hall–Kier alpha value is -1.73. The molecule has 2 aromatic rings. The van der Waals surface area contributed by atoms with E-state index >= 15 is 0 Å². The molecule has 0 spiro atoms. The first-order chi connectivity index (χ1) is 11.1. The maximum atomic E-state index is 12.2. The molecule has 120 valence electrons. The molecule has 5 nitrogen and oxygen atoms in total. The van der Waals surface area contributed by atoms with E-state index < -0.39 is 0 Å². The minimum Gasteiger partial charge on any atom is -0.351 e. The molecule has 23 heavy (non-hydrogen) atoms. The van der Waals surface area contributed by atoms with Gasteiger partial charge >= 0.3 is 0 Å². The van der Waals surface area contributed by atoms with Crippen LogP contribution in [0.5, 0.6) is 0 Å². The minimum atomic E-state index is -0.348. The fourth-order valence-electron chi connectivity index (χ4n) is 2.24. The van der Waals surface area contributed by atoms with Gasteiger partial charge < -0.3 is 5.32 Å². The van der Waals surface area contributed by atoms with Crippen LogP contribution < -0.4 is 10.9 Å². The molecule has 0 aliphatic carbocycles. The first kappa shape index (κ1) is 16.1. The molecule has 0 saturated carbocycles. The van der Waals surface area contributed by atoms with Crippen molar-refractivity contribution in [2.75, 3.05) is 18.1 Å². The third-order valence-electron chi connectivity index (χ3n) is 3.48. The standard InChI is InChI=1S/C16H17N3O2S2/c1-11-2-4-12(5-3-11)22-8-6-17-14(20)13-10-18-16-19(15(13)21)7-9-23-16/h2-5,10H,6-9H2,1H3,(H,17,20). The Bertz CT molecular complexity index is 772. The van der Waals surface area contributed by atoms with Gasteiger partial charge in [0.15, 0.2) is 5.16 Å². The first-order valence-electron chi connectivity index (χ1n) is 7.35. The van der Waals surface area contributed by atoms with E-state index in [2.05, 4.69) is 41.5 Å². The number of nitrogens with zero attached hydrogens (tertiary/aromatic N) is 2. The van der Waals surface area contributed by atoms with Gasteiger partial charge in [-0.25, -0.2) is 4.98 Å². The highest BCUT2D eigenvalue weighted by Gasteiger charge is 2.19. The van der Waals surface area contributed by atoms with Crippen molar-refractivity contribution in [3.8, 4) is 0 Å². The van der Waals surface area contributed by atoms with Gasteiger partial charge in [0.2, 0.25) is 0 Å². The van der Waals surface area contributed by atoms with Crippen molar-refractivity contribution in [1.29, 1.82) is 0 Å². The van der Waals surface area contributed by atoms with Crippen LogP contribution in [0.1, 0.15) is 15.9 Å². The number of amides is 1. The van der Waals surface area contributed by atoms with Gasteiger partial charge in [-0.3, -0.25) is 14.2 Å². The van der Waals surface area contributed by atoms with Crippen LogP contribution in [0.3, 0.4) is 0 Å². The number of benzene rings is 1. The average Bonchev–Trinajstić information content (AvgIpc) is 3.03. The summed E-state index contributed by atoms with van der Waals surface area (Å²) in [5, 5.41) is 3.49. The highest BCUT2D eigenvalue weighted by atomic mass is 32.2. The predicted molar refractivity (Wildman–Crippen MR) is 93.5 cm³/mol. The smallest absolute Gasteiger partial charge is 0.267 e. The third-order valence-corrected chi connectivity index (χ3v) is 5.46. The molecule has 1 aliphatic heterocycles. The van der Waals surface area contributed by atoms with Crippen LogP contribution in [-0.2, 0) is 6.54 Å². The largest absolute Gasteiger partial charge is 0.351 e. The summed E-state index contributed by atoms with van der Waals surface area (Å²) < 4.78 is 1.57. The van der Waals surface area contributed by atoms with Crippen LogP contribution >= 0.6 is 23.5 Å². The SMILES string of the molecule is Cc1ccc(SCCNC(=O)c2cnc3n(c2=O)CCS3)cc1. The zero-order valence-electron chi connectivity index (χ0n) is 12.7. The van der Waals surface area contributed by atoms with Crippen molar-refractivity contribution >= 4 is 29.4 Å². The van der Waals surface area contributed by atoms with Crippen molar-refractivity contribution in [3.63, 3.8) is 0 Å². The lowest BCUT2D eigenvalue weighted by atomic mass is 10.2. The second kappa shape index (κ2) is 7.23. The molecule has 1 aliphatic rings. The van der Waals surface area contributed by atoms with E-state index in [0.717, 1.165) is 11.5 Å². The number of fused-ring (bicyclic) bond motifs is 1. The van der Waals surface area contributed by atoms with Crippen LogP contribution in [-0.4, -0.2) is 33.5 Å². The zero-order valence-corrected chi connectivity index (χ0v) is 14.4. The molecule has 3 rings (SSSR count). The number of thioether (sulfide) groups is 2. The summed E-state index contributed by atoms with van der Waals surface area (Å²) in [6.45, 7) is 3.18. The minimum absolute atomic E-state index is 0.122. The normalized spacial score (nSPS) is 12.9. The lowest BCUT2D eigenvalue weighted by Crippen LogP contribution is -2.34. The molecule has 1 amide bonds. The molecule has 0 unspecified atom stereocenters. The Morgan fingerprint density at radius 1 is 1.39 bits per heavy atom. The van der Waals surface area contributed by atoms with Gasteiger partial charge in [0.25, 0.3) is 11.5 Å². The molecule has 1 aromatic carbocycles. The van der Waals surface area contributed by atoms with Gasteiger partial charge in [-0.15, -0.1) is 11.8 Å². The Balaban J connectivity index is 1.54. The van der Waals surface area contributed by atoms with Crippen molar-refractivity contribution < 1.29 is 4.79 Å². The fourth-order valence-corrected chi connectivity index (χ4v) is 3.92. The number of carbonyl (C=O) groups excluding carboxylic acids is 1. The Morgan fingerprint density at radius 2 is 2.17 bits per heavy atom. The lowest BCUT2D eigenvalue weighted by Gasteiger charge is -2.07. The van der Waals surface area contributed by atoms with Gasteiger partial charge in [-0.2, -0.15) is 0 Å². The topological polar surface area (TPSA) is 64.0 Å². The Morgan fingerprint density at radius 3 is 2.96 bits per heavy atom. The molecule has 0 atom stereocenters. The van der Waals surface area contributed by atoms with Crippen molar-refractivity contribution in [3.05, 3.63) is 51.9 Å². The summed E-state index contributed by atoms with van der Waals surface area (Å²) in [5.41, 5.74) is 1.10. The summed E-state index contributed by atoms with van der Waals surface area (Å²) in [5.74, 6) is 1.24. The van der Waals surface area contributed by atoms with E-state index in [-0.39, 0.29) is 17.0 Å². The van der Waals surface area contributed by atoms with E-state index in [1.165, 1.54) is 28.4 Å². The molecular weight excluding hydrogens is 330 g/mol. The quantitative estimate of drug-likeness (QED) is 0.510. The molecule has 0 bridgehead atoms. The summed E-state index contributed by atoms with van der Waals surface area (Å²) in [4.78, 5) is 29.7. The number of hydrogen-bond donors (Lipinski definition) is 1. The van der Waals surface area contributed by atoms with E-state index in [9.17, 15) is 9.59 Å². The summed E-state index contributed by atoms with van der Waals surface area (Å²) >= 11 is 3.21. The van der Waals surface area contributed by atoms with Crippen LogP contribution in [0.4, 0.5) is 0 Å². The summed E-state index contributed by atoms with van der Waals surface area (Å²) in [6.07, 6.45) is 1.38. The molecule has 0 fully saturated rings. The molecule has 0 saturated heterocycles. The highest BCUT2D eigenvalue weighted by Crippen LogP contribution is 2.20. The van der Waals surface area contributed by atoms with Crippen LogP contribution in [0.25, 0.3) is 0 Å². The van der Waals surface area contributed by atoms with E-state index in [4.69, 9.17) is 0 Å². The van der Waals surface area contributed by atoms with E-state index in [1.807, 2.05) is 0 Å². The number of carbonyl (C=O) groups is 1. The van der Waals surface area contributed by atoms with Gasteiger partial charge in [-0.1, -0.05) is 29.5 Å². The highest BCUT2D eigenvalue weighted by molar-refractivity contribution is 7.99. The molecular formula is C16H17N3O2S2. The van der Waals surface area contributed by atoms with Gasteiger partial charge in [-0.05, 0) is 19.1 Å². The van der Waals surface area contributed by atoms with Crippen LogP contribution in [0, 0.1) is 6.92 Å². The number of aromatic nitrogens is 2. The molecule has 2 heterocycles. The molecule has 1 N–H and O–H groups in total. The third kappa shape index (κ3) is 3.79. The number of nitrogens with one attached hydrogen (secondary N) is 1. The maximum absolute atomic E-state index is 12.2. The van der Waals surface area contributed by atoms with Crippen LogP contribution in [0.2, 0.25) is 0 Å². The summed E-state index contributed by atoms with van der Waals surface area (Å²) in [6, 6.07) is 8.26. The lowest BCUT2D eigenvalue weighted by molar-refractivity contribution is 0.0953. The summed E-state index contributed by atoms with van der Waals surface area (Å²) in [7, 11) is 0. The zero-order chi connectivity index (χ0) is 16.2. The van der Waals surface area contributed by atoms with Gasteiger partial charge in [0.05, 0.1) is 0 Å². The molecule has 1 aromatic heterocycles. The first-order valence-corrected chi connectivity index (χ1v) is 9.32. The maximum Gasteiger partial charge on any atom is 0.267 e. The van der Waals surface area contributed by atoms with Crippen LogP contribution in [0.15, 0.2) is 45.3 Å². The second-order valence-electron chi connectivity index (χ2n) is 5.18. The van der Waals surface area contributed by atoms with E-state index in [1.54, 1.807) is 16.3 Å². The molecule has 0 radical (unpaired) electrons. The average molecular weight is 347 g/mol.